The average molecular weight is 330 g/mol. The first-order valence-electron chi connectivity index (χ1n) is 4.63. The van der Waals surface area contributed by atoms with Crippen molar-refractivity contribution in [1.82, 2.24) is 4.98 Å². The zero-order valence-corrected chi connectivity index (χ0v) is 11.1. The lowest BCUT2D eigenvalue weighted by Gasteiger charge is -2.06. The second-order valence-corrected chi connectivity index (χ2v) is 4.72. The fourth-order valence-electron chi connectivity index (χ4n) is 1.63. The minimum Gasteiger partial charge on any atom is -0.388 e. The van der Waals surface area contributed by atoms with E-state index in [1.807, 2.05) is 0 Å². The summed E-state index contributed by atoms with van der Waals surface area (Å²) >= 11 is 7.94. The molecule has 0 unspecified atom stereocenters. The van der Waals surface area contributed by atoms with Crippen molar-refractivity contribution in [3.05, 3.63) is 44.4 Å². The first-order valence-corrected chi connectivity index (χ1v) is 5.84. The van der Waals surface area contributed by atoms with Crippen molar-refractivity contribution < 1.29 is 9.31 Å². The molecular weight excluding hydrogens is 325 g/mol. The third-order valence-corrected chi connectivity index (χ3v) is 3.11. The van der Waals surface area contributed by atoms with Crippen LogP contribution in [0.25, 0.3) is 10.8 Å². The van der Waals surface area contributed by atoms with E-state index in [9.17, 15) is 14.5 Å². The minimum absolute atomic E-state index is 0.0487. The number of thiocarbonyl (C=S) groups is 1. The van der Waals surface area contributed by atoms with Crippen LogP contribution in [0.3, 0.4) is 0 Å². The number of nitro benzene ring substituents is 1. The fourth-order valence-corrected chi connectivity index (χ4v) is 2.31. The number of nitrogens with zero attached hydrogens (tertiary/aromatic N) is 2. The van der Waals surface area contributed by atoms with Gasteiger partial charge in [-0.05, 0) is 22.0 Å². The molecule has 92 valence electrons. The molecule has 0 saturated heterocycles. The van der Waals surface area contributed by atoms with Gasteiger partial charge >= 0.3 is 0 Å². The molecule has 8 heteroatoms. The van der Waals surface area contributed by atoms with Crippen molar-refractivity contribution in [1.29, 1.82) is 0 Å². The van der Waals surface area contributed by atoms with Crippen LogP contribution < -0.4 is 5.73 Å². The highest BCUT2D eigenvalue weighted by Gasteiger charge is 2.20. The van der Waals surface area contributed by atoms with Crippen molar-refractivity contribution in [3.8, 4) is 0 Å². The summed E-state index contributed by atoms with van der Waals surface area (Å²) < 4.78 is 13.8. The predicted molar refractivity (Wildman–Crippen MR) is 71.9 cm³/mol. The quantitative estimate of drug-likeness (QED) is 0.520. The molecule has 1 aromatic heterocycles. The molecule has 0 spiro atoms. The maximum absolute atomic E-state index is 13.4. The average Bonchev–Trinajstić information content (AvgIpc) is 2.27. The smallest absolute Gasteiger partial charge is 0.281 e. The largest absolute Gasteiger partial charge is 0.388 e. The molecule has 0 radical (unpaired) electrons. The van der Waals surface area contributed by atoms with E-state index < -0.39 is 10.7 Å². The van der Waals surface area contributed by atoms with Gasteiger partial charge in [-0.25, -0.2) is 4.39 Å². The van der Waals surface area contributed by atoms with Gasteiger partial charge in [0.2, 0.25) is 0 Å². The van der Waals surface area contributed by atoms with Gasteiger partial charge in [0.05, 0.1) is 20.8 Å². The lowest BCUT2D eigenvalue weighted by atomic mass is 10.1. The van der Waals surface area contributed by atoms with Crippen molar-refractivity contribution in [2.45, 2.75) is 0 Å². The van der Waals surface area contributed by atoms with Gasteiger partial charge in [-0.2, -0.15) is 0 Å². The van der Waals surface area contributed by atoms with E-state index in [4.69, 9.17) is 18.0 Å². The molecule has 0 atom stereocenters. The molecule has 0 bridgehead atoms. The maximum Gasteiger partial charge on any atom is 0.281 e. The molecule has 18 heavy (non-hydrogen) atoms. The molecule has 0 fully saturated rings. The number of benzene rings is 1. The molecule has 2 aromatic rings. The van der Waals surface area contributed by atoms with E-state index in [2.05, 4.69) is 20.9 Å². The van der Waals surface area contributed by atoms with Crippen LogP contribution in [0.1, 0.15) is 5.69 Å². The van der Waals surface area contributed by atoms with E-state index in [1.54, 1.807) is 0 Å². The van der Waals surface area contributed by atoms with Gasteiger partial charge in [0, 0.05) is 11.6 Å². The second kappa shape index (κ2) is 4.54. The summed E-state index contributed by atoms with van der Waals surface area (Å²) in [5.41, 5.74) is 5.26. The van der Waals surface area contributed by atoms with Crippen LogP contribution >= 0.6 is 28.1 Å². The Hall–Kier alpha value is -1.67. The van der Waals surface area contributed by atoms with Crippen LogP contribution in [-0.4, -0.2) is 14.9 Å². The van der Waals surface area contributed by atoms with Crippen LogP contribution in [0.15, 0.2) is 22.8 Å². The first-order chi connectivity index (χ1) is 8.41. The number of fused-ring (bicyclic) bond motifs is 1. The van der Waals surface area contributed by atoms with E-state index in [0.29, 0.717) is 4.47 Å². The number of nitrogens with two attached hydrogens (primary N) is 1. The molecule has 0 aliphatic rings. The number of aromatic nitrogens is 1. The van der Waals surface area contributed by atoms with Gasteiger partial charge in [-0.15, -0.1) is 0 Å². The van der Waals surface area contributed by atoms with Crippen molar-refractivity contribution in [3.63, 3.8) is 0 Å². The molecule has 0 aliphatic carbocycles. The second-order valence-electron chi connectivity index (χ2n) is 3.42. The Labute approximate surface area is 114 Å². The number of nitro groups is 1. The maximum atomic E-state index is 13.4. The van der Waals surface area contributed by atoms with Crippen LogP contribution in [0, 0.1) is 15.9 Å². The minimum atomic E-state index is -0.744. The zero-order chi connectivity index (χ0) is 13.4. The summed E-state index contributed by atoms with van der Waals surface area (Å²) in [5.74, 6) is -0.744. The Balaban J connectivity index is 3.01. The topological polar surface area (TPSA) is 82.0 Å². The van der Waals surface area contributed by atoms with Gasteiger partial charge in [0.1, 0.15) is 16.5 Å². The molecule has 2 N–H and O–H groups in total. The summed E-state index contributed by atoms with van der Waals surface area (Å²) in [4.78, 5) is 14.2. The Kier molecular flexibility index (Phi) is 3.22. The standard InChI is InChI=1S/C10H5BrFN3O2S/c11-6-3-14-9(10(13)18)5-1-4(12)2-7(8(5)6)15(16)17/h1-3H,(H2,13,18). The number of pyridine rings is 1. The summed E-state index contributed by atoms with van der Waals surface area (Å²) in [7, 11) is 0. The predicted octanol–water partition coefficient (Wildman–Crippen LogP) is 2.68. The van der Waals surface area contributed by atoms with Gasteiger partial charge < -0.3 is 5.73 Å². The Morgan fingerprint density at radius 3 is 2.78 bits per heavy atom. The third kappa shape index (κ3) is 2.04. The van der Waals surface area contributed by atoms with Crippen molar-refractivity contribution >= 4 is 49.6 Å². The highest BCUT2D eigenvalue weighted by atomic mass is 79.9. The Morgan fingerprint density at radius 1 is 1.56 bits per heavy atom. The molecular formula is C10H5BrFN3O2S. The van der Waals surface area contributed by atoms with Crippen LogP contribution in [0.4, 0.5) is 10.1 Å². The molecule has 0 aliphatic heterocycles. The number of hydrogen-bond acceptors (Lipinski definition) is 4. The van der Waals surface area contributed by atoms with E-state index in [-0.39, 0.29) is 27.1 Å². The van der Waals surface area contributed by atoms with E-state index in [1.165, 1.54) is 6.20 Å². The van der Waals surface area contributed by atoms with E-state index >= 15 is 0 Å². The lowest BCUT2D eigenvalue weighted by molar-refractivity contribution is -0.383. The van der Waals surface area contributed by atoms with Crippen molar-refractivity contribution in [2.75, 3.05) is 0 Å². The van der Waals surface area contributed by atoms with Gasteiger partial charge in [0.25, 0.3) is 5.69 Å². The van der Waals surface area contributed by atoms with Crippen molar-refractivity contribution in [2.24, 2.45) is 5.73 Å². The number of halogens is 2. The monoisotopic (exact) mass is 329 g/mol. The van der Waals surface area contributed by atoms with Gasteiger partial charge in [0.15, 0.2) is 0 Å². The fraction of sp³-hybridized carbons (Fsp3) is 0. The summed E-state index contributed by atoms with van der Waals surface area (Å²) in [5, 5.41) is 11.4. The molecule has 5 nitrogen and oxygen atoms in total. The third-order valence-electron chi connectivity index (χ3n) is 2.31. The van der Waals surface area contributed by atoms with Crippen LogP contribution in [0.2, 0.25) is 0 Å². The normalized spacial score (nSPS) is 10.6. The molecule has 2 rings (SSSR count). The Morgan fingerprint density at radius 2 is 2.22 bits per heavy atom. The van der Waals surface area contributed by atoms with Gasteiger partial charge in [-0.3, -0.25) is 15.1 Å². The molecule has 1 aromatic carbocycles. The molecule has 0 amide bonds. The Bertz CT molecular complexity index is 692. The number of non-ortho nitro benzene ring substituents is 1. The summed E-state index contributed by atoms with van der Waals surface area (Å²) in [6.45, 7) is 0. The van der Waals surface area contributed by atoms with Gasteiger partial charge in [-0.1, -0.05) is 12.2 Å². The molecule has 1 heterocycles. The highest BCUT2D eigenvalue weighted by molar-refractivity contribution is 9.10. The molecule has 0 saturated carbocycles. The zero-order valence-electron chi connectivity index (χ0n) is 8.68. The summed E-state index contributed by atoms with van der Waals surface area (Å²) in [6.07, 6.45) is 1.35. The van der Waals surface area contributed by atoms with E-state index in [0.717, 1.165) is 12.1 Å². The lowest BCUT2D eigenvalue weighted by Crippen LogP contribution is -2.12. The first kappa shape index (κ1) is 12.8. The SMILES string of the molecule is NC(=S)c1ncc(Br)c2c([N+](=O)[O-])cc(F)cc12. The van der Waals surface area contributed by atoms with Crippen LogP contribution in [-0.2, 0) is 0 Å². The highest BCUT2D eigenvalue weighted by Crippen LogP contribution is 2.34. The number of hydrogen-bond donors (Lipinski definition) is 1. The summed E-state index contributed by atoms with van der Waals surface area (Å²) in [6, 6.07) is 1.96. The number of rotatable bonds is 2. The van der Waals surface area contributed by atoms with Crippen LogP contribution in [0.5, 0.6) is 0 Å².